The standard InChI is InChI=1S/C9H5Cl2NO/c10-7-4-6(2-1-3-13)9(12)8(11)5-7/h3-5H,12H2. The van der Waals surface area contributed by atoms with Crippen molar-refractivity contribution in [1.82, 2.24) is 0 Å². The molecule has 1 aromatic carbocycles. The minimum absolute atomic E-state index is 0.334. The summed E-state index contributed by atoms with van der Waals surface area (Å²) in [5.41, 5.74) is 6.38. The van der Waals surface area contributed by atoms with Crippen molar-refractivity contribution in [2.45, 2.75) is 0 Å². The highest BCUT2D eigenvalue weighted by Crippen LogP contribution is 2.26. The lowest BCUT2D eigenvalue weighted by Crippen LogP contribution is -1.91. The maximum atomic E-state index is 9.98. The minimum atomic E-state index is 0.334. The van der Waals surface area contributed by atoms with E-state index in [2.05, 4.69) is 11.8 Å². The third-order valence-corrected chi connectivity index (χ3v) is 1.89. The van der Waals surface area contributed by atoms with E-state index in [0.717, 1.165) is 0 Å². The Kier molecular flexibility index (Phi) is 3.18. The molecule has 66 valence electrons. The first kappa shape index (κ1) is 9.91. The average molecular weight is 214 g/mol. The van der Waals surface area contributed by atoms with Gasteiger partial charge in [0, 0.05) is 5.02 Å². The van der Waals surface area contributed by atoms with E-state index in [-0.39, 0.29) is 0 Å². The van der Waals surface area contributed by atoms with Gasteiger partial charge in [-0.15, -0.1) is 0 Å². The van der Waals surface area contributed by atoms with Crippen LogP contribution in [0, 0.1) is 11.8 Å². The Morgan fingerprint density at radius 2 is 2.08 bits per heavy atom. The molecule has 0 aliphatic heterocycles. The number of aldehydes is 1. The molecule has 0 unspecified atom stereocenters. The largest absolute Gasteiger partial charge is 0.397 e. The van der Waals surface area contributed by atoms with E-state index in [4.69, 9.17) is 28.9 Å². The number of anilines is 1. The molecule has 0 fully saturated rings. The van der Waals surface area contributed by atoms with Gasteiger partial charge in [-0.2, -0.15) is 0 Å². The van der Waals surface area contributed by atoms with Crippen LogP contribution in [0.1, 0.15) is 5.56 Å². The van der Waals surface area contributed by atoms with E-state index in [1.165, 1.54) is 6.07 Å². The molecule has 0 heterocycles. The van der Waals surface area contributed by atoms with Crippen LogP contribution in [0.3, 0.4) is 0 Å². The van der Waals surface area contributed by atoms with Crippen molar-refractivity contribution in [2.75, 3.05) is 5.73 Å². The van der Waals surface area contributed by atoms with Crippen molar-refractivity contribution in [2.24, 2.45) is 0 Å². The zero-order valence-corrected chi connectivity index (χ0v) is 7.99. The van der Waals surface area contributed by atoms with Gasteiger partial charge in [-0.05, 0) is 18.1 Å². The quantitative estimate of drug-likeness (QED) is 0.408. The molecule has 0 amide bonds. The number of nitrogen functional groups attached to an aromatic ring is 1. The second-order valence-electron chi connectivity index (χ2n) is 2.24. The van der Waals surface area contributed by atoms with E-state index in [1.54, 1.807) is 6.07 Å². The number of carbonyl (C=O) groups excluding carboxylic acids is 1. The average Bonchev–Trinajstić information content (AvgIpc) is 2.09. The SMILES string of the molecule is Nc1c(Cl)cc(Cl)cc1C#CC=O. The lowest BCUT2D eigenvalue weighted by molar-refractivity contribution is -0.103. The van der Waals surface area contributed by atoms with E-state index in [0.29, 0.717) is 27.6 Å². The van der Waals surface area contributed by atoms with Gasteiger partial charge in [0.2, 0.25) is 0 Å². The van der Waals surface area contributed by atoms with Gasteiger partial charge < -0.3 is 5.73 Å². The molecule has 0 radical (unpaired) electrons. The van der Waals surface area contributed by atoms with Gasteiger partial charge in [0.15, 0.2) is 6.29 Å². The third-order valence-electron chi connectivity index (χ3n) is 1.36. The van der Waals surface area contributed by atoms with Crippen molar-refractivity contribution in [1.29, 1.82) is 0 Å². The summed E-state index contributed by atoms with van der Waals surface area (Å²) >= 11 is 11.4. The minimum Gasteiger partial charge on any atom is -0.397 e. The summed E-state index contributed by atoms with van der Waals surface area (Å²) in [6.07, 6.45) is 0.480. The molecule has 1 rings (SSSR count). The highest BCUT2D eigenvalue weighted by Gasteiger charge is 2.02. The summed E-state index contributed by atoms with van der Waals surface area (Å²) in [6.45, 7) is 0. The predicted octanol–water partition coefficient (Wildman–Crippen LogP) is 2.13. The molecule has 2 N–H and O–H groups in total. The van der Waals surface area contributed by atoms with E-state index >= 15 is 0 Å². The number of carbonyl (C=O) groups is 1. The number of nitrogens with two attached hydrogens (primary N) is 1. The molecular weight excluding hydrogens is 209 g/mol. The molecule has 0 bridgehead atoms. The van der Waals surface area contributed by atoms with E-state index in [9.17, 15) is 4.79 Å². The Morgan fingerprint density at radius 3 is 2.69 bits per heavy atom. The molecule has 0 spiro atoms. The predicted molar refractivity (Wildman–Crippen MR) is 53.8 cm³/mol. The van der Waals surface area contributed by atoms with Gasteiger partial charge in [0.05, 0.1) is 16.3 Å². The molecular formula is C9H5Cl2NO. The highest BCUT2D eigenvalue weighted by atomic mass is 35.5. The lowest BCUT2D eigenvalue weighted by Gasteiger charge is -2.01. The van der Waals surface area contributed by atoms with Crippen LogP contribution in [0.25, 0.3) is 0 Å². The first-order valence-electron chi connectivity index (χ1n) is 3.35. The smallest absolute Gasteiger partial charge is 0.193 e. The molecule has 4 heteroatoms. The normalized spacial score (nSPS) is 8.77. The van der Waals surface area contributed by atoms with Crippen molar-refractivity contribution in [3.63, 3.8) is 0 Å². The first-order chi connectivity index (χ1) is 6.15. The molecule has 13 heavy (non-hydrogen) atoms. The fourth-order valence-corrected chi connectivity index (χ4v) is 1.29. The molecule has 2 nitrogen and oxygen atoms in total. The number of hydrogen-bond donors (Lipinski definition) is 1. The zero-order valence-electron chi connectivity index (χ0n) is 6.47. The molecule has 0 aliphatic rings. The lowest BCUT2D eigenvalue weighted by atomic mass is 10.2. The van der Waals surface area contributed by atoms with E-state index < -0.39 is 0 Å². The maximum absolute atomic E-state index is 9.98. The van der Waals surface area contributed by atoms with Gasteiger partial charge in [-0.1, -0.05) is 29.1 Å². The summed E-state index contributed by atoms with van der Waals surface area (Å²) in [5.74, 6) is 4.76. The Morgan fingerprint density at radius 1 is 1.38 bits per heavy atom. The Bertz CT molecular complexity index is 404. The molecule has 0 saturated heterocycles. The summed E-state index contributed by atoms with van der Waals surface area (Å²) in [6, 6.07) is 3.07. The first-order valence-corrected chi connectivity index (χ1v) is 4.10. The van der Waals surface area contributed by atoms with Gasteiger partial charge in [-0.25, -0.2) is 0 Å². The van der Waals surface area contributed by atoms with Gasteiger partial charge in [0.1, 0.15) is 0 Å². The maximum Gasteiger partial charge on any atom is 0.193 e. The fraction of sp³-hybridized carbons (Fsp3) is 0. The van der Waals surface area contributed by atoms with Crippen LogP contribution in [-0.2, 0) is 4.79 Å². The molecule has 0 atom stereocenters. The van der Waals surface area contributed by atoms with Crippen LogP contribution in [0.15, 0.2) is 12.1 Å². The van der Waals surface area contributed by atoms with Crippen molar-refractivity contribution < 1.29 is 4.79 Å². The number of halogens is 2. The van der Waals surface area contributed by atoms with Crippen molar-refractivity contribution in [3.05, 3.63) is 27.7 Å². The van der Waals surface area contributed by atoms with E-state index in [1.807, 2.05) is 0 Å². The van der Waals surface area contributed by atoms with Crippen LogP contribution in [0.2, 0.25) is 10.0 Å². The van der Waals surface area contributed by atoms with Crippen LogP contribution in [0.5, 0.6) is 0 Å². The summed E-state index contributed by atoms with van der Waals surface area (Å²) in [7, 11) is 0. The molecule has 1 aromatic rings. The molecule has 0 aliphatic carbocycles. The van der Waals surface area contributed by atoms with Gasteiger partial charge in [0.25, 0.3) is 0 Å². The Balaban J connectivity index is 3.28. The number of benzene rings is 1. The molecule has 0 saturated carbocycles. The second-order valence-corrected chi connectivity index (χ2v) is 3.08. The summed E-state index contributed by atoms with van der Waals surface area (Å²) < 4.78 is 0. The number of rotatable bonds is 0. The van der Waals surface area contributed by atoms with Crippen molar-refractivity contribution >= 4 is 35.2 Å². The Labute approximate surface area is 85.6 Å². The molecule has 0 aromatic heterocycles. The topological polar surface area (TPSA) is 43.1 Å². The zero-order chi connectivity index (χ0) is 9.84. The summed E-state index contributed by atoms with van der Waals surface area (Å²) in [4.78, 5) is 9.98. The fourth-order valence-electron chi connectivity index (χ4n) is 0.795. The van der Waals surface area contributed by atoms with Crippen LogP contribution < -0.4 is 5.73 Å². The van der Waals surface area contributed by atoms with Gasteiger partial charge in [-0.3, -0.25) is 4.79 Å². The number of hydrogen-bond acceptors (Lipinski definition) is 2. The highest BCUT2D eigenvalue weighted by molar-refractivity contribution is 6.36. The van der Waals surface area contributed by atoms with Gasteiger partial charge >= 0.3 is 0 Å². The second kappa shape index (κ2) is 4.18. The Hall–Kier alpha value is -1.17. The monoisotopic (exact) mass is 213 g/mol. The summed E-state index contributed by atoms with van der Waals surface area (Å²) in [5, 5.41) is 0.775. The van der Waals surface area contributed by atoms with Crippen LogP contribution >= 0.6 is 23.2 Å². The van der Waals surface area contributed by atoms with Crippen LogP contribution in [0.4, 0.5) is 5.69 Å². The van der Waals surface area contributed by atoms with Crippen molar-refractivity contribution in [3.8, 4) is 11.8 Å². The third kappa shape index (κ3) is 2.38. The van der Waals surface area contributed by atoms with Crippen LogP contribution in [-0.4, -0.2) is 6.29 Å².